The molecule has 4 N–H and O–H groups in total. The summed E-state index contributed by atoms with van der Waals surface area (Å²) in [7, 11) is 0. The maximum atomic E-state index is 12.5. The molecule has 0 spiro atoms. The average molecular weight is 402 g/mol. The highest BCUT2D eigenvalue weighted by molar-refractivity contribution is 5.84. The molecule has 2 aromatic carbocycles. The van der Waals surface area contributed by atoms with E-state index in [1.54, 1.807) is 0 Å². The number of hydrogen-bond acceptors (Lipinski definition) is 3. The first-order chi connectivity index (χ1) is 14.7. The molecule has 6 nitrogen and oxygen atoms in total. The van der Waals surface area contributed by atoms with Gasteiger partial charge < -0.3 is 20.4 Å². The lowest BCUT2D eigenvalue weighted by Gasteiger charge is -2.37. The fraction of sp³-hybridized carbons (Fsp3) is 0.292. The van der Waals surface area contributed by atoms with Crippen LogP contribution in [0.2, 0.25) is 0 Å². The second kappa shape index (κ2) is 7.97. The van der Waals surface area contributed by atoms with Crippen molar-refractivity contribution in [1.82, 2.24) is 20.2 Å². The van der Waals surface area contributed by atoms with Crippen molar-refractivity contribution in [3.05, 3.63) is 72.1 Å². The van der Waals surface area contributed by atoms with Gasteiger partial charge in [-0.3, -0.25) is 9.69 Å². The summed E-state index contributed by atoms with van der Waals surface area (Å²) >= 11 is 0. The quantitative estimate of drug-likeness (QED) is 0.400. The van der Waals surface area contributed by atoms with E-state index in [1.807, 2.05) is 36.7 Å². The molecule has 1 aliphatic heterocycles. The molecule has 1 aliphatic rings. The Morgan fingerprint density at radius 1 is 0.967 bits per heavy atom. The van der Waals surface area contributed by atoms with Crippen LogP contribution < -0.4 is 5.32 Å². The van der Waals surface area contributed by atoms with E-state index in [0.717, 1.165) is 24.0 Å². The zero-order valence-corrected chi connectivity index (χ0v) is 16.8. The third kappa shape index (κ3) is 3.60. The van der Waals surface area contributed by atoms with Gasteiger partial charge in [-0.1, -0.05) is 36.4 Å². The van der Waals surface area contributed by atoms with E-state index in [2.05, 4.69) is 44.5 Å². The van der Waals surface area contributed by atoms with Crippen molar-refractivity contribution >= 4 is 27.7 Å². The SMILES string of the molecule is O=C1CN([C@H](CO)Cc2c[nH]c3ccccc23)C[C@H](Cc2c[nH]c3ccccc23)N1. The molecule has 1 fully saturated rings. The third-order valence-corrected chi connectivity index (χ3v) is 6.17. The molecule has 0 aliphatic carbocycles. The number of nitrogens with zero attached hydrogens (tertiary/aromatic N) is 1. The first-order valence-corrected chi connectivity index (χ1v) is 10.5. The molecule has 2 aromatic heterocycles. The number of aliphatic hydroxyl groups excluding tert-OH is 1. The van der Waals surface area contributed by atoms with Gasteiger partial charge in [-0.25, -0.2) is 0 Å². The summed E-state index contributed by atoms with van der Waals surface area (Å²) in [5.74, 6) is 0.0171. The summed E-state index contributed by atoms with van der Waals surface area (Å²) in [6.45, 7) is 1.06. The molecular formula is C24H26N4O2. The van der Waals surface area contributed by atoms with Crippen LogP contribution in [0, 0.1) is 0 Å². The van der Waals surface area contributed by atoms with Crippen molar-refractivity contribution < 1.29 is 9.90 Å². The molecule has 154 valence electrons. The van der Waals surface area contributed by atoms with E-state index >= 15 is 0 Å². The van der Waals surface area contributed by atoms with Crippen LogP contribution >= 0.6 is 0 Å². The number of piperazine rings is 1. The normalized spacial score (nSPS) is 18.7. The Balaban J connectivity index is 1.33. The first kappa shape index (κ1) is 18.9. The van der Waals surface area contributed by atoms with Crippen molar-refractivity contribution in [1.29, 1.82) is 0 Å². The molecule has 0 unspecified atom stereocenters. The monoisotopic (exact) mass is 402 g/mol. The van der Waals surface area contributed by atoms with Gasteiger partial charge in [0.25, 0.3) is 0 Å². The fourth-order valence-corrected chi connectivity index (χ4v) is 4.67. The molecule has 30 heavy (non-hydrogen) atoms. The molecule has 2 atom stereocenters. The molecule has 1 saturated heterocycles. The zero-order chi connectivity index (χ0) is 20.5. The van der Waals surface area contributed by atoms with Crippen LogP contribution in [0.5, 0.6) is 0 Å². The van der Waals surface area contributed by atoms with Crippen molar-refractivity contribution in [3.8, 4) is 0 Å². The van der Waals surface area contributed by atoms with Crippen LogP contribution in [-0.4, -0.2) is 57.7 Å². The number of carbonyl (C=O) groups is 1. The second-order valence-electron chi connectivity index (χ2n) is 8.16. The maximum absolute atomic E-state index is 12.5. The number of para-hydroxylation sites is 2. The van der Waals surface area contributed by atoms with E-state index in [-0.39, 0.29) is 24.6 Å². The number of aromatic amines is 2. The molecule has 0 saturated carbocycles. The number of fused-ring (bicyclic) bond motifs is 2. The standard InChI is InChI=1S/C24H26N4O2/c29-15-19(10-17-12-26-23-8-4-2-6-21(17)23)28-13-18(27-24(30)14-28)9-16-11-25-22-7-3-1-5-20(16)22/h1-8,11-12,18-19,25-26,29H,9-10,13-15H2,(H,27,30)/t18-,19-/m0/s1. The van der Waals surface area contributed by atoms with Gasteiger partial charge in [0.1, 0.15) is 0 Å². The fourth-order valence-electron chi connectivity index (χ4n) is 4.67. The van der Waals surface area contributed by atoms with Gasteiger partial charge in [0.2, 0.25) is 5.91 Å². The van der Waals surface area contributed by atoms with Crippen molar-refractivity contribution in [2.45, 2.75) is 24.9 Å². The van der Waals surface area contributed by atoms with Crippen molar-refractivity contribution in [2.24, 2.45) is 0 Å². The van der Waals surface area contributed by atoms with Gasteiger partial charge in [0.15, 0.2) is 0 Å². The molecule has 1 amide bonds. The van der Waals surface area contributed by atoms with Crippen molar-refractivity contribution in [2.75, 3.05) is 19.7 Å². The number of H-pyrrole nitrogens is 2. The Morgan fingerprint density at radius 3 is 2.30 bits per heavy atom. The lowest BCUT2D eigenvalue weighted by Crippen LogP contribution is -2.58. The van der Waals surface area contributed by atoms with Crippen LogP contribution in [0.15, 0.2) is 60.9 Å². The van der Waals surface area contributed by atoms with Gasteiger partial charge in [-0.05, 0) is 36.1 Å². The Morgan fingerprint density at radius 2 is 1.60 bits per heavy atom. The van der Waals surface area contributed by atoms with Crippen LogP contribution in [-0.2, 0) is 17.6 Å². The molecule has 5 rings (SSSR count). The predicted octanol–water partition coefficient (Wildman–Crippen LogP) is 2.60. The molecule has 0 bridgehead atoms. The third-order valence-electron chi connectivity index (χ3n) is 6.17. The Bertz CT molecular complexity index is 1180. The molecular weight excluding hydrogens is 376 g/mol. The summed E-state index contributed by atoms with van der Waals surface area (Å²) in [4.78, 5) is 21.2. The summed E-state index contributed by atoms with van der Waals surface area (Å²) in [5.41, 5.74) is 4.58. The largest absolute Gasteiger partial charge is 0.395 e. The average Bonchev–Trinajstić information content (AvgIpc) is 3.36. The Labute approximate surface area is 174 Å². The highest BCUT2D eigenvalue weighted by atomic mass is 16.3. The summed E-state index contributed by atoms with van der Waals surface area (Å²) in [6.07, 6.45) is 5.51. The summed E-state index contributed by atoms with van der Waals surface area (Å²) in [6, 6.07) is 16.3. The number of benzene rings is 2. The van der Waals surface area contributed by atoms with E-state index < -0.39 is 0 Å². The topological polar surface area (TPSA) is 84.2 Å². The van der Waals surface area contributed by atoms with Crippen LogP contribution in [0.25, 0.3) is 21.8 Å². The van der Waals surface area contributed by atoms with Crippen LogP contribution in [0.3, 0.4) is 0 Å². The predicted molar refractivity (Wildman–Crippen MR) is 118 cm³/mol. The highest BCUT2D eigenvalue weighted by Gasteiger charge is 2.30. The van der Waals surface area contributed by atoms with E-state index in [0.29, 0.717) is 13.0 Å². The molecule has 3 heterocycles. The zero-order valence-electron chi connectivity index (χ0n) is 16.8. The first-order valence-electron chi connectivity index (χ1n) is 10.5. The van der Waals surface area contributed by atoms with E-state index in [9.17, 15) is 9.90 Å². The van der Waals surface area contributed by atoms with Crippen LogP contribution in [0.4, 0.5) is 0 Å². The molecule has 0 radical (unpaired) electrons. The van der Waals surface area contributed by atoms with Gasteiger partial charge in [-0.2, -0.15) is 0 Å². The van der Waals surface area contributed by atoms with E-state index in [4.69, 9.17) is 0 Å². The maximum Gasteiger partial charge on any atom is 0.234 e. The minimum absolute atomic E-state index is 0.0162. The lowest BCUT2D eigenvalue weighted by molar-refractivity contribution is -0.126. The van der Waals surface area contributed by atoms with Crippen molar-refractivity contribution in [3.63, 3.8) is 0 Å². The molecule has 4 aromatic rings. The van der Waals surface area contributed by atoms with E-state index in [1.165, 1.54) is 21.9 Å². The number of hydrogen-bond donors (Lipinski definition) is 4. The second-order valence-corrected chi connectivity index (χ2v) is 8.16. The number of aliphatic hydroxyl groups is 1. The number of carbonyl (C=O) groups excluding carboxylic acids is 1. The minimum Gasteiger partial charge on any atom is -0.395 e. The Kier molecular flexibility index (Phi) is 5.02. The highest BCUT2D eigenvalue weighted by Crippen LogP contribution is 2.23. The number of amides is 1. The number of rotatable bonds is 6. The van der Waals surface area contributed by atoms with Crippen LogP contribution in [0.1, 0.15) is 11.1 Å². The minimum atomic E-state index is -0.0966. The summed E-state index contributed by atoms with van der Waals surface area (Å²) < 4.78 is 0. The number of aromatic nitrogens is 2. The molecule has 6 heteroatoms. The van der Waals surface area contributed by atoms with Gasteiger partial charge in [0, 0.05) is 52.8 Å². The lowest BCUT2D eigenvalue weighted by atomic mass is 9.99. The summed E-state index contributed by atoms with van der Waals surface area (Å²) in [5, 5.41) is 15.6. The smallest absolute Gasteiger partial charge is 0.234 e. The Hall–Kier alpha value is -3.09. The van der Waals surface area contributed by atoms with Gasteiger partial charge in [0.05, 0.1) is 13.2 Å². The number of nitrogens with one attached hydrogen (secondary N) is 3. The van der Waals surface area contributed by atoms with Gasteiger partial charge in [-0.15, -0.1) is 0 Å². The van der Waals surface area contributed by atoms with Gasteiger partial charge >= 0.3 is 0 Å².